The second-order valence-electron chi connectivity index (χ2n) is 5.74. The van der Waals surface area contributed by atoms with Gasteiger partial charge in [-0.25, -0.2) is 0 Å². The van der Waals surface area contributed by atoms with E-state index in [4.69, 9.17) is 0 Å². The van der Waals surface area contributed by atoms with Gasteiger partial charge < -0.3 is 10.4 Å². The molecule has 19 heavy (non-hydrogen) atoms. The van der Waals surface area contributed by atoms with E-state index in [2.05, 4.69) is 36.5 Å². The number of piperidine rings is 1. The van der Waals surface area contributed by atoms with Gasteiger partial charge >= 0.3 is 0 Å². The van der Waals surface area contributed by atoms with Crippen LogP contribution in [0.15, 0.2) is 42.5 Å². The number of fused-ring (bicyclic) bond motifs is 1. The van der Waals surface area contributed by atoms with Crippen LogP contribution in [0.1, 0.15) is 31.4 Å². The quantitative estimate of drug-likeness (QED) is 0.863. The zero-order valence-electron chi connectivity index (χ0n) is 11.3. The van der Waals surface area contributed by atoms with Crippen LogP contribution in [-0.2, 0) is 0 Å². The average Bonchev–Trinajstić information content (AvgIpc) is 2.46. The van der Waals surface area contributed by atoms with Gasteiger partial charge in [0, 0.05) is 6.04 Å². The average molecular weight is 255 g/mol. The summed E-state index contributed by atoms with van der Waals surface area (Å²) < 4.78 is 0. The van der Waals surface area contributed by atoms with Gasteiger partial charge in [-0.1, -0.05) is 43.3 Å². The molecule has 100 valence electrons. The predicted molar refractivity (Wildman–Crippen MR) is 79.1 cm³/mol. The molecule has 1 aliphatic rings. The first-order chi connectivity index (χ1) is 9.24. The minimum Gasteiger partial charge on any atom is -0.387 e. The summed E-state index contributed by atoms with van der Waals surface area (Å²) in [7, 11) is 0. The van der Waals surface area contributed by atoms with Crippen LogP contribution in [-0.4, -0.2) is 17.7 Å². The van der Waals surface area contributed by atoms with Crippen LogP contribution >= 0.6 is 0 Å². The van der Waals surface area contributed by atoms with Crippen LogP contribution in [0.25, 0.3) is 10.8 Å². The molecule has 0 bridgehead atoms. The Balaban J connectivity index is 1.86. The van der Waals surface area contributed by atoms with Gasteiger partial charge in [0.05, 0.1) is 6.10 Å². The molecule has 3 unspecified atom stereocenters. The standard InChI is InChI=1S/C17H21NO/c1-12-8-9-18-16(10-12)17(19)15-7-6-13-4-2-3-5-14(13)11-15/h2-7,11-12,16-19H,8-10H2,1H3. The summed E-state index contributed by atoms with van der Waals surface area (Å²) in [5, 5.41) is 16.4. The molecule has 1 heterocycles. The van der Waals surface area contributed by atoms with E-state index in [9.17, 15) is 5.11 Å². The van der Waals surface area contributed by atoms with Crippen molar-refractivity contribution in [2.75, 3.05) is 6.54 Å². The maximum Gasteiger partial charge on any atom is 0.0943 e. The van der Waals surface area contributed by atoms with Gasteiger partial charge in [0.15, 0.2) is 0 Å². The molecule has 2 heteroatoms. The van der Waals surface area contributed by atoms with Crippen LogP contribution in [0, 0.1) is 5.92 Å². The van der Waals surface area contributed by atoms with Crippen LogP contribution in [0.4, 0.5) is 0 Å². The first-order valence-corrected chi connectivity index (χ1v) is 7.14. The fourth-order valence-electron chi connectivity index (χ4n) is 3.01. The molecule has 2 aromatic rings. The van der Waals surface area contributed by atoms with Crippen molar-refractivity contribution in [1.82, 2.24) is 5.32 Å². The van der Waals surface area contributed by atoms with Crippen molar-refractivity contribution in [3.8, 4) is 0 Å². The lowest BCUT2D eigenvalue weighted by molar-refractivity contribution is 0.101. The van der Waals surface area contributed by atoms with Crippen molar-refractivity contribution in [1.29, 1.82) is 0 Å². The van der Waals surface area contributed by atoms with Gasteiger partial charge in [-0.2, -0.15) is 0 Å². The van der Waals surface area contributed by atoms with Crippen molar-refractivity contribution in [3.63, 3.8) is 0 Å². The van der Waals surface area contributed by atoms with Crippen molar-refractivity contribution < 1.29 is 5.11 Å². The van der Waals surface area contributed by atoms with Gasteiger partial charge in [-0.05, 0) is 47.7 Å². The Bertz CT molecular complexity index is 566. The molecule has 0 aliphatic carbocycles. The summed E-state index contributed by atoms with van der Waals surface area (Å²) in [6.45, 7) is 3.28. The second kappa shape index (κ2) is 5.32. The highest BCUT2D eigenvalue weighted by Crippen LogP contribution is 2.27. The molecule has 3 rings (SSSR count). The van der Waals surface area contributed by atoms with Crippen LogP contribution < -0.4 is 5.32 Å². The molecule has 1 aliphatic heterocycles. The summed E-state index contributed by atoms with van der Waals surface area (Å²) in [6, 6.07) is 14.7. The predicted octanol–water partition coefficient (Wildman–Crippen LogP) is 3.26. The SMILES string of the molecule is CC1CCNC(C(O)c2ccc3ccccc3c2)C1. The fourth-order valence-corrected chi connectivity index (χ4v) is 3.01. The Hall–Kier alpha value is -1.38. The number of aliphatic hydroxyl groups is 1. The van der Waals surface area contributed by atoms with E-state index >= 15 is 0 Å². The number of hydrogen-bond acceptors (Lipinski definition) is 2. The number of hydrogen-bond donors (Lipinski definition) is 2. The molecular weight excluding hydrogens is 234 g/mol. The van der Waals surface area contributed by atoms with E-state index in [1.807, 2.05) is 18.2 Å². The monoisotopic (exact) mass is 255 g/mol. The molecule has 0 spiro atoms. The highest BCUT2D eigenvalue weighted by atomic mass is 16.3. The zero-order valence-corrected chi connectivity index (χ0v) is 11.3. The lowest BCUT2D eigenvalue weighted by atomic mass is 9.88. The smallest absolute Gasteiger partial charge is 0.0943 e. The Morgan fingerprint density at radius 2 is 1.95 bits per heavy atom. The molecule has 3 atom stereocenters. The van der Waals surface area contributed by atoms with Gasteiger partial charge in [0.2, 0.25) is 0 Å². The van der Waals surface area contributed by atoms with Crippen molar-refractivity contribution >= 4 is 10.8 Å². The van der Waals surface area contributed by atoms with E-state index < -0.39 is 6.10 Å². The van der Waals surface area contributed by atoms with Crippen molar-refractivity contribution in [3.05, 3.63) is 48.0 Å². The summed E-state index contributed by atoms with van der Waals surface area (Å²) in [5.41, 5.74) is 1.02. The van der Waals surface area contributed by atoms with Gasteiger partial charge in [0.1, 0.15) is 0 Å². The number of rotatable bonds is 2. The van der Waals surface area contributed by atoms with Gasteiger partial charge in [0.25, 0.3) is 0 Å². The first kappa shape index (κ1) is 12.6. The highest BCUT2D eigenvalue weighted by molar-refractivity contribution is 5.83. The van der Waals surface area contributed by atoms with Gasteiger partial charge in [-0.15, -0.1) is 0 Å². The lowest BCUT2D eigenvalue weighted by Gasteiger charge is -2.32. The topological polar surface area (TPSA) is 32.3 Å². The molecular formula is C17H21NO. The number of benzene rings is 2. The minimum atomic E-state index is -0.410. The molecule has 0 amide bonds. The molecule has 0 aromatic heterocycles. The van der Waals surface area contributed by atoms with E-state index in [1.165, 1.54) is 17.2 Å². The molecule has 0 saturated carbocycles. The third kappa shape index (κ3) is 2.65. The molecule has 2 aromatic carbocycles. The van der Waals surface area contributed by atoms with Crippen molar-refractivity contribution in [2.24, 2.45) is 5.92 Å². The summed E-state index contributed by atoms with van der Waals surface area (Å²) in [5.74, 6) is 0.696. The number of nitrogens with one attached hydrogen (secondary N) is 1. The van der Waals surface area contributed by atoms with Crippen LogP contribution in [0.5, 0.6) is 0 Å². The molecule has 2 nitrogen and oxygen atoms in total. The van der Waals surface area contributed by atoms with E-state index in [0.717, 1.165) is 18.5 Å². The molecule has 1 saturated heterocycles. The Morgan fingerprint density at radius 1 is 1.16 bits per heavy atom. The molecule has 1 fully saturated rings. The zero-order chi connectivity index (χ0) is 13.2. The van der Waals surface area contributed by atoms with E-state index in [-0.39, 0.29) is 6.04 Å². The normalized spacial score (nSPS) is 25.4. The molecule has 2 N–H and O–H groups in total. The van der Waals surface area contributed by atoms with Gasteiger partial charge in [-0.3, -0.25) is 0 Å². The fraction of sp³-hybridized carbons (Fsp3) is 0.412. The third-order valence-corrected chi connectivity index (χ3v) is 4.20. The Kier molecular flexibility index (Phi) is 3.54. The lowest BCUT2D eigenvalue weighted by Crippen LogP contribution is -2.41. The summed E-state index contributed by atoms with van der Waals surface area (Å²) in [4.78, 5) is 0. The van der Waals surface area contributed by atoms with Crippen molar-refractivity contribution in [2.45, 2.75) is 31.9 Å². The first-order valence-electron chi connectivity index (χ1n) is 7.14. The minimum absolute atomic E-state index is 0.185. The Labute approximate surface area is 114 Å². The van der Waals surface area contributed by atoms with Crippen LogP contribution in [0.3, 0.4) is 0 Å². The molecule has 0 radical (unpaired) electrons. The maximum absolute atomic E-state index is 10.6. The van der Waals surface area contributed by atoms with Crippen LogP contribution in [0.2, 0.25) is 0 Å². The Morgan fingerprint density at radius 3 is 2.74 bits per heavy atom. The second-order valence-corrected chi connectivity index (χ2v) is 5.74. The highest BCUT2D eigenvalue weighted by Gasteiger charge is 2.25. The summed E-state index contributed by atoms with van der Waals surface area (Å²) >= 11 is 0. The summed E-state index contributed by atoms with van der Waals surface area (Å²) in [6.07, 6.45) is 1.85. The maximum atomic E-state index is 10.6. The van der Waals surface area contributed by atoms with E-state index in [0.29, 0.717) is 5.92 Å². The third-order valence-electron chi connectivity index (χ3n) is 4.20. The van der Waals surface area contributed by atoms with E-state index in [1.54, 1.807) is 0 Å². The largest absolute Gasteiger partial charge is 0.387 e. The number of aliphatic hydroxyl groups excluding tert-OH is 1.